The van der Waals surface area contributed by atoms with Gasteiger partial charge >= 0.3 is 5.97 Å². The highest BCUT2D eigenvalue weighted by Crippen LogP contribution is 2.32. The van der Waals surface area contributed by atoms with Crippen LogP contribution >= 0.6 is 0 Å². The van der Waals surface area contributed by atoms with E-state index in [9.17, 15) is 9.90 Å². The standard InChI is InChI=1S/C13H19NO3/c1-2-3-4-5-9-12(16)17-13-10(14)7-6-8-11(13)15/h6-8,15H,2-5,9,14H2,1H3. The van der Waals surface area contributed by atoms with Crippen molar-refractivity contribution in [2.24, 2.45) is 0 Å². The van der Waals surface area contributed by atoms with E-state index in [1.54, 1.807) is 12.1 Å². The Bertz CT molecular complexity index is 357. The SMILES string of the molecule is CCCCCCC(=O)Oc1c(N)cccc1O. The fourth-order valence-electron chi connectivity index (χ4n) is 1.51. The lowest BCUT2D eigenvalue weighted by Gasteiger charge is -2.08. The number of ether oxygens (including phenoxy) is 1. The number of rotatable bonds is 6. The number of para-hydroxylation sites is 1. The van der Waals surface area contributed by atoms with Crippen molar-refractivity contribution >= 4 is 11.7 Å². The summed E-state index contributed by atoms with van der Waals surface area (Å²) in [6.45, 7) is 2.11. The summed E-state index contributed by atoms with van der Waals surface area (Å²) >= 11 is 0. The van der Waals surface area contributed by atoms with Gasteiger partial charge in [-0.2, -0.15) is 0 Å². The Balaban J connectivity index is 2.45. The van der Waals surface area contributed by atoms with Crippen LogP contribution in [0.3, 0.4) is 0 Å². The second-order valence-electron chi connectivity index (χ2n) is 3.98. The summed E-state index contributed by atoms with van der Waals surface area (Å²) in [5.41, 5.74) is 5.88. The second kappa shape index (κ2) is 6.78. The van der Waals surface area contributed by atoms with Crippen LogP contribution in [-0.2, 0) is 4.79 Å². The van der Waals surface area contributed by atoms with E-state index in [0.29, 0.717) is 6.42 Å². The molecule has 0 saturated heterocycles. The van der Waals surface area contributed by atoms with Gasteiger partial charge in [-0.05, 0) is 18.6 Å². The molecule has 94 valence electrons. The minimum absolute atomic E-state index is 0.0630. The molecule has 0 atom stereocenters. The van der Waals surface area contributed by atoms with Crippen LogP contribution in [-0.4, -0.2) is 11.1 Å². The summed E-state index contributed by atoms with van der Waals surface area (Å²) in [6.07, 6.45) is 4.42. The molecule has 1 rings (SSSR count). The van der Waals surface area contributed by atoms with Gasteiger partial charge in [-0.3, -0.25) is 4.79 Å². The van der Waals surface area contributed by atoms with E-state index in [1.165, 1.54) is 6.07 Å². The Kier molecular flexibility index (Phi) is 5.33. The first-order valence-corrected chi connectivity index (χ1v) is 5.93. The molecule has 4 heteroatoms. The van der Waals surface area contributed by atoms with Crippen molar-refractivity contribution in [1.82, 2.24) is 0 Å². The summed E-state index contributed by atoms with van der Waals surface area (Å²) in [5, 5.41) is 9.49. The zero-order chi connectivity index (χ0) is 12.7. The van der Waals surface area contributed by atoms with Crippen molar-refractivity contribution in [3.8, 4) is 11.5 Å². The molecule has 4 nitrogen and oxygen atoms in total. The molecule has 0 aliphatic carbocycles. The minimum Gasteiger partial charge on any atom is -0.504 e. The molecule has 0 unspecified atom stereocenters. The molecule has 0 heterocycles. The van der Waals surface area contributed by atoms with Gasteiger partial charge in [0, 0.05) is 6.42 Å². The molecule has 1 aromatic carbocycles. The lowest BCUT2D eigenvalue weighted by molar-refractivity contribution is -0.134. The summed E-state index contributed by atoms with van der Waals surface area (Å²) in [4.78, 5) is 11.5. The highest BCUT2D eigenvalue weighted by atomic mass is 16.5. The maximum absolute atomic E-state index is 11.5. The average molecular weight is 237 g/mol. The Labute approximate surface area is 101 Å². The van der Waals surface area contributed by atoms with Gasteiger partial charge in [0.1, 0.15) is 0 Å². The monoisotopic (exact) mass is 237 g/mol. The normalized spacial score (nSPS) is 10.2. The average Bonchev–Trinajstić information content (AvgIpc) is 2.30. The first kappa shape index (κ1) is 13.4. The van der Waals surface area contributed by atoms with Gasteiger partial charge < -0.3 is 15.6 Å². The van der Waals surface area contributed by atoms with Crippen molar-refractivity contribution in [2.45, 2.75) is 39.0 Å². The summed E-state index contributed by atoms with van der Waals surface area (Å²) in [7, 11) is 0. The van der Waals surface area contributed by atoms with E-state index in [0.717, 1.165) is 25.7 Å². The molecule has 17 heavy (non-hydrogen) atoms. The summed E-state index contributed by atoms with van der Waals surface area (Å²) in [6, 6.07) is 4.62. The molecule has 0 spiro atoms. The van der Waals surface area contributed by atoms with Crippen molar-refractivity contribution in [3.05, 3.63) is 18.2 Å². The van der Waals surface area contributed by atoms with Gasteiger partial charge in [0.2, 0.25) is 0 Å². The van der Waals surface area contributed by atoms with Crippen LogP contribution < -0.4 is 10.5 Å². The maximum atomic E-state index is 11.5. The quantitative estimate of drug-likeness (QED) is 0.345. The highest BCUT2D eigenvalue weighted by Gasteiger charge is 2.11. The fourth-order valence-corrected chi connectivity index (χ4v) is 1.51. The van der Waals surface area contributed by atoms with Gasteiger partial charge in [0.15, 0.2) is 11.5 Å². The molecule has 0 aliphatic heterocycles. The number of phenolic OH excluding ortho intramolecular Hbond substituents is 1. The van der Waals surface area contributed by atoms with E-state index in [-0.39, 0.29) is 23.2 Å². The van der Waals surface area contributed by atoms with Crippen molar-refractivity contribution in [3.63, 3.8) is 0 Å². The second-order valence-corrected chi connectivity index (χ2v) is 3.98. The van der Waals surface area contributed by atoms with Crippen LogP contribution in [0.4, 0.5) is 5.69 Å². The minimum atomic E-state index is -0.352. The zero-order valence-electron chi connectivity index (χ0n) is 10.1. The number of anilines is 1. The maximum Gasteiger partial charge on any atom is 0.311 e. The number of aromatic hydroxyl groups is 1. The molecular weight excluding hydrogens is 218 g/mol. The Morgan fingerprint density at radius 3 is 2.76 bits per heavy atom. The summed E-state index contributed by atoms with van der Waals surface area (Å²) < 4.78 is 5.04. The van der Waals surface area contributed by atoms with Crippen molar-refractivity contribution < 1.29 is 14.6 Å². The molecule has 0 bridgehead atoms. The number of hydrogen-bond donors (Lipinski definition) is 2. The summed E-state index contributed by atoms with van der Waals surface area (Å²) in [5.74, 6) is -0.394. The molecule has 0 aromatic heterocycles. The Morgan fingerprint density at radius 1 is 1.35 bits per heavy atom. The Hall–Kier alpha value is -1.71. The predicted molar refractivity (Wildman–Crippen MR) is 66.9 cm³/mol. The van der Waals surface area contributed by atoms with Crippen LogP contribution in [0.2, 0.25) is 0 Å². The molecule has 0 radical (unpaired) electrons. The van der Waals surface area contributed by atoms with E-state index < -0.39 is 0 Å². The predicted octanol–water partition coefficient (Wildman–Crippen LogP) is 2.85. The third-order valence-corrected chi connectivity index (χ3v) is 2.48. The molecule has 0 saturated carbocycles. The smallest absolute Gasteiger partial charge is 0.311 e. The van der Waals surface area contributed by atoms with Crippen LogP contribution in [0.1, 0.15) is 39.0 Å². The number of nitrogens with two attached hydrogens (primary N) is 1. The lowest BCUT2D eigenvalue weighted by Crippen LogP contribution is -2.09. The number of carbonyl (C=O) groups is 1. The molecule has 0 amide bonds. The van der Waals surface area contributed by atoms with Crippen LogP contribution in [0.5, 0.6) is 11.5 Å². The first-order chi connectivity index (χ1) is 8.15. The van der Waals surface area contributed by atoms with Gasteiger partial charge in [-0.15, -0.1) is 0 Å². The van der Waals surface area contributed by atoms with Crippen molar-refractivity contribution in [2.75, 3.05) is 5.73 Å². The number of nitrogen functional groups attached to an aromatic ring is 1. The van der Waals surface area contributed by atoms with Gasteiger partial charge in [-0.1, -0.05) is 32.3 Å². The van der Waals surface area contributed by atoms with Crippen LogP contribution in [0, 0.1) is 0 Å². The van der Waals surface area contributed by atoms with Crippen molar-refractivity contribution in [1.29, 1.82) is 0 Å². The van der Waals surface area contributed by atoms with Crippen LogP contribution in [0.25, 0.3) is 0 Å². The fraction of sp³-hybridized carbons (Fsp3) is 0.462. The number of benzene rings is 1. The van der Waals surface area contributed by atoms with E-state index in [4.69, 9.17) is 10.5 Å². The topological polar surface area (TPSA) is 72.5 Å². The van der Waals surface area contributed by atoms with E-state index in [1.807, 2.05) is 0 Å². The van der Waals surface area contributed by atoms with Gasteiger partial charge in [0.25, 0.3) is 0 Å². The number of hydrogen-bond acceptors (Lipinski definition) is 4. The molecule has 3 N–H and O–H groups in total. The number of carbonyl (C=O) groups excluding carboxylic acids is 1. The lowest BCUT2D eigenvalue weighted by atomic mass is 10.1. The molecule has 1 aromatic rings. The Morgan fingerprint density at radius 2 is 2.12 bits per heavy atom. The highest BCUT2D eigenvalue weighted by molar-refractivity contribution is 5.76. The number of esters is 1. The zero-order valence-corrected chi connectivity index (χ0v) is 10.1. The largest absolute Gasteiger partial charge is 0.504 e. The van der Waals surface area contributed by atoms with E-state index in [2.05, 4.69) is 6.92 Å². The van der Waals surface area contributed by atoms with Crippen LogP contribution in [0.15, 0.2) is 18.2 Å². The first-order valence-electron chi connectivity index (χ1n) is 5.93. The third-order valence-electron chi connectivity index (χ3n) is 2.48. The van der Waals surface area contributed by atoms with Gasteiger partial charge in [-0.25, -0.2) is 0 Å². The molecule has 0 fully saturated rings. The molecule has 0 aliphatic rings. The third kappa shape index (κ3) is 4.34. The molecular formula is C13H19NO3. The number of phenols is 1. The number of unbranched alkanes of at least 4 members (excludes halogenated alkanes) is 3. The van der Waals surface area contributed by atoms with Gasteiger partial charge in [0.05, 0.1) is 5.69 Å². The van der Waals surface area contributed by atoms with E-state index >= 15 is 0 Å².